The predicted octanol–water partition coefficient (Wildman–Crippen LogP) is 4.68. The van der Waals surface area contributed by atoms with E-state index in [-0.39, 0.29) is 0 Å². The second kappa shape index (κ2) is 6.36. The van der Waals surface area contributed by atoms with E-state index >= 15 is 0 Å². The van der Waals surface area contributed by atoms with Gasteiger partial charge in [-0.05, 0) is 44.0 Å². The fourth-order valence-electron chi connectivity index (χ4n) is 1.79. The van der Waals surface area contributed by atoms with Gasteiger partial charge < -0.3 is 4.74 Å². The summed E-state index contributed by atoms with van der Waals surface area (Å²) in [5.74, 6) is 2.49. The third-order valence-electron chi connectivity index (χ3n) is 2.94. The van der Waals surface area contributed by atoms with Gasteiger partial charge in [-0.1, -0.05) is 42.3 Å². The van der Waals surface area contributed by atoms with Crippen LogP contribution in [0.3, 0.4) is 0 Å². The molecule has 22 heavy (non-hydrogen) atoms. The first-order chi connectivity index (χ1) is 10.4. The molecule has 0 aromatic heterocycles. The average Bonchev–Trinajstić information content (AvgIpc) is 2.42. The minimum atomic E-state index is -0.519. The Morgan fingerprint density at radius 1 is 1.05 bits per heavy atom. The lowest BCUT2D eigenvalue weighted by Gasteiger charge is -2.19. The molecule has 3 rings (SSSR count). The molecule has 0 spiro atoms. The van der Waals surface area contributed by atoms with E-state index in [1.807, 2.05) is 6.07 Å². The van der Waals surface area contributed by atoms with Crippen LogP contribution in [0.15, 0.2) is 48.5 Å². The summed E-state index contributed by atoms with van der Waals surface area (Å²) in [6.07, 6.45) is 4.81. The molecule has 0 unspecified atom stereocenters. The van der Waals surface area contributed by atoms with Crippen molar-refractivity contribution in [2.24, 2.45) is 0 Å². The smallest absolute Gasteiger partial charge is 0.412 e. The van der Waals surface area contributed by atoms with Crippen molar-refractivity contribution >= 4 is 11.8 Å². The summed E-state index contributed by atoms with van der Waals surface area (Å²) in [5.41, 5.74) is 3.55. The Kier molecular flexibility index (Phi) is 4.53. The van der Waals surface area contributed by atoms with Gasteiger partial charge in [0.05, 0.1) is 5.69 Å². The van der Waals surface area contributed by atoms with Crippen molar-refractivity contribution in [3.05, 3.63) is 54.1 Å². The van der Waals surface area contributed by atoms with Crippen LogP contribution in [0.1, 0.15) is 26.3 Å². The van der Waals surface area contributed by atoms with Gasteiger partial charge in [-0.15, -0.1) is 6.42 Å². The summed E-state index contributed by atoms with van der Waals surface area (Å²) in [6.45, 7) is 5.42. The standard InChI is InChI=1S/C13H15NO2.C6H4/c1-5-10-8-6-7-9-11(10)14-12(15)16-13(2,3)4;1-2-6-4-3-5(1)6/h1,6-9H,2-4H3,(H,14,15);1-4H. The molecule has 2 aliphatic carbocycles. The number of anilines is 1. The first kappa shape index (κ1) is 15.7. The highest BCUT2D eigenvalue weighted by Gasteiger charge is 2.16. The number of ether oxygens (including phenoxy) is 1. The van der Waals surface area contributed by atoms with Gasteiger partial charge in [0.25, 0.3) is 0 Å². The summed E-state index contributed by atoms with van der Waals surface area (Å²) in [4.78, 5) is 11.5. The lowest BCUT2D eigenvalue weighted by atomic mass is 9.95. The number of fused-ring (bicyclic) bond motifs is 1. The van der Waals surface area contributed by atoms with E-state index in [1.54, 1.807) is 39.0 Å². The van der Waals surface area contributed by atoms with Crippen molar-refractivity contribution in [3.63, 3.8) is 0 Å². The number of carbonyl (C=O) groups excluding carboxylic acids is 1. The SMILES string of the molecule is C#Cc1ccccc1NC(=O)OC(C)(C)C.c1cc2ccc1-2. The van der Waals surface area contributed by atoms with Crippen LogP contribution in [0, 0.1) is 12.3 Å². The monoisotopic (exact) mass is 293 g/mol. The second-order valence-electron chi connectivity index (χ2n) is 5.89. The molecule has 1 N–H and O–H groups in total. The molecule has 0 aliphatic heterocycles. The quantitative estimate of drug-likeness (QED) is 0.661. The number of benzene rings is 2. The van der Waals surface area contributed by atoms with E-state index in [9.17, 15) is 4.79 Å². The fraction of sp³-hybridized carbons (Fsp3) is 0.211. The summed E-state index contributed by atoms with van der Waals surface area (Å²) >= 11 is 0. The summed E-state index contributed by atoms with van der Waals surface area (Å²) in [7, 11) is 0. The molecule has 0 saturated heterocycles. The average molecular weight is 293 g/mol. The van der Waals surface area contributed by atoms with Gasteiger partial charge in [0, 0.05) is 5.56 Å². The van der Waals surface area contributed by atoms with Crippen LogP contribution in [-0.4, -0.2) is 11.7 Å². The van der Waals surface area contributed by atoms with E-state index in [0.717, 1.165) is 0 Å². The van der Waals surface area contributed by atoms with Gasteiger partial charge in [-0.25, -0.2) is 4.79 Å². The lowest BCUT2D eigenvalue weighted by molar-refractivity contribution is 0.0636. The minimum absolute atomic E-state index is 0.504. The molecular weight excluding hydrogens is 274 g/mol. The molecule has 0 atom stereocenters. The van der Waals surface area contributed by atoms with Gasteiger partial charge in [0.2, 0.25) is 0 Å². The Hall–Kier alpha value is -2.73. The topological polar surface area (TPSA) is 38.3 Å². The van der Waals surface area contributed by atoms with Gasteiger partial charge >= 0.3 is 6.09 Å². The van der Waals surface area contributed by atoms with Crippen LogP contribution in [0.4, 0.5) is 10.5 Å². The van der Waals surface area contributed by atoms with Crippen LogP contribution in [0.5, 0.6) is 0 Å². The van der Waals surface area contributed by atoms with Gasteiger partial charge in [0.15, 0.2) is 0 Å². The van der Waals surface area contributed by atoms with Crippen molar-refractivity contribution < 1.29 is 9.53 Å². The number of terminal acetylenes is 1. The highest BCUT2D eigenvalue weighted by molar-refractivity contribution is 5.86. The first-order valence-electron chi connectivity index (χ1n) is 7.05. The third kappa shape index (κ3) is 4.13. The van der Waals surface area contributed by atoms with Crippen molar-refractivity contribution in [2.45, 2.75) is 26.4 Å². The lowest BCUT2D eigenvalue weighted by Crippen LogP contribution is -2.27. The zero-order valence-electron chi connectivity index (χ0n) is 13.0. The van der Waals surface area contributed by atoms with Crippen molar-refractivity contribution in [2.75, 3.05) is 5.32 Å². The van der Waals surface area contributed by atoms with E-state index < -0.39 is 11.7 Å². The van der Waals surface area contributed by atoms with Crippen molar-refractivity contribution in [1.82, 2.24) is 0 Å². The molecule has 1 aromatic carbocycles. The van der Waals surface area contributed by atoms with Gasteiger partial charge in [0.1, 0.15) is 5.60 Å². The van der Waals surface area contributed by atoms with Crippen LogP contribution in [0.2, 0.25) is 0 Å². The molecule has 112 valence electrons. The molecular formula is C19H19NO2. The summed E-state index contributed by atoms with van der Waals surface area (Å²) in [6, 6.07) is 15.6. The molecule has 1 aromatic rings. The highest BCUT2D eigenvalue weighted by Crippen LogP contribution is 2.29. The van der Waals surface area contributed by atoms with Crippen LogP contribution in [-0.2, 0) is 4.74 Å². The minimum Gasteiger partial charge on any atom is -0.444 e. The largest absolute Gasteiger partial charge is 0.444 e. The van der Waals surface area contributed by atoms with Crippen LogP contribution in [0.25, 0.3) is 11.1 Å². The molecule has 0 radical (unpaired) electrons. The maximum Gasteiger partial charge on any atom is 0.412 e. The Morgan fingerprint density at radius 2 is 1.59 bits per heavy atom. The molecule has 3 heteroatoms. The van der Waals surface area contributed by atoms with Crippen molar-refractivity contribution in [3.8, 4) is 23.5 Å². The number of para-hydroxylation sites is 1. The van der Waals surface area contributed by atoms with Crippen LogP contribution < -0.4 is 5.32 Å². The van der Waals surface area contributed by atoms with Crippen molar-refractivity contribution in [1.29, 1.82) is 0 Å². The Balaban J connectivity index is 0.000000238. The van der Waals surface area contributed by atoms with Gasteiger partial charge in [-0.3, -0.25) is 5.32 Å². The molecule has 0 fully saturated rings. The number of nitrogens with one attached hydrogen (secondary N) is 1. The van der Waals surface area contributed by atoms with Crippen LogP contribution >= 0.6 is 0 Å². The maximum absolute atomic E-state index is 11.5. The fourth-order valence-corrected chi connectivity index (χ4v) is 1.79. The number of rotatable bonds is 1. The Labute approximate surface area is 131 Å². The molecule has 1 amide bonds. The summed E-state index contributed by atoms with van der Waals surface area (Å²) in [5, 5.41) is 2.61. The summed E-state index contributed by atoms with van der Waals surface area (Å²) < 4.78 is 5.12. The number of hydrogen-bond donors (Lipinski definition) is 1. The molecule has 2 aliphatic rings. The van der Waals surface area contributed by atoms with E-state index in [1.165, 1.54) is 11.1 Å². The molecule has 0 heterocycles. The predicted molar refractivity (Wildman–Crippen MR) is 89.7 cm³/mol. The normalized spacial score (nSPS) is 10.6. The highest BCUT2D eigenvalue weighted by atomic mass is 16.6. The molecule has 3 nitrogen and oxygen atoms in total. The molecule has 0 bridgehead atoms. The van der Waals surface area contributed by atoms with E-state index in [0.29, 0.717) is 11.3 Å². The van der Waals surface area contributed by atoms with E-state index in [2.05, 4.69) is 35.5 Å². The third-order valence-corrected chi connectivity index (χ3v) is 2.94. The first-order valence-corrected chi connectivity index (χ1v) is 7.05. The second-order valence-corrected chi connectivity index (χ2v) is 5.89. The maximum atomic E-state index is 11.5. The van der Waals surface area contributed by atoms with E-state index in [4.69, 9.17) is 11.2 Å². The Bertz CT molecular complexity index is 682. The number of hydrogen-bond acceptors (Lipinski definition) is 2. The number of carbonyl (C=O) groups is 1. The molecule has 0 saturated carbocycles. The zero-order chi connectivity index (χ0) is 16.2. The number of amides is 1. The van der Waals surface area contributed by atoms with Gasteiger partial charge in [-0.2, -0.15) is 0 Å². The Morgan fingerprint density at radius 3 is 2.00 bits per heavy atom. The zero-order valence-corrected chi connectivity index (χ0v) is 13.0.